The first-order valence-electron chi connectivity index (χ1n) is 6.75. The maximum atomic E-state index is 5.85. The Morgan fingerprint density at radius 3 is 3.15 bits per heavy atom. The first-order chi connectivity index (χ1) is 9.76. The van der Waals surface area contributed by atoms with E-state index in [4.69, 9.17) is 15.3 Å². The Bertz CT molecular complexity index is 595. The Hall–Kier alpha value is -1.44. The van der Waals surface area contributed by atoms with Crippen molar-refractivity contribution in [1.29, 1.82) is 0 Å². The number of hydrogen-bond acceptors (Lipinski definition) is 7. The number of nitrogens with two attached hydrogens (primary N) is 1. The SMILES string of the molecule is Cc1cc2c(OCC3CCCCO3)nc(NN)nc2s1. The lowest BCUT2D eigenvalue weighted by Gasteiger charge is -2.22. The second-order valence-electron chi connectivity index (χ2n) is 4.87. The summed E-state index contributed by atoms with van der Waals surface area (Å²) in [7, 11) is 0. The van der Waals surface area contributed by atoms with Gasteiger partial charge in [0.05, 0.1) is 11.5 Å². The topological polar surface area (TPSA) is 82.3 Å². The van der Waals surface area contributed by atoms with Crippen LogP contribution in [0.4, 0.5) is 5.95 Å². The fourth-order valence-corrected chi connectivity index (χ4v) is 3.17. The monoisotopic (exact) mass is 294 g/mol. The van der Waals surface area contributed by atoms with Gasteiger partial charge in [0.1, 0.15) is 11.4 Å². The van der Waals surface area contributed by atoms with Crippen molar-refractivity contribution in [2.24, 2.45) is 5.84 Å². The standard InChI is InChI=1S/C13H18N4O2S/c1-8-6-10-11(15-13(17-14)16-12(10)20-8)19-7-9-4-2-3-5-18-9/h6,9H,2-5,7,14H2,1H3,(H,15,16,17). The quantitative estimate of drug-likeness (QED) is 0.664. The van der Waals surface area contributed by atoms with Gasteiger partial charge in [0.25, 0.3) is 0 Å². The van der Waals surface area contributed by atoms with Crippen LogP contribution in [0, 0.1) is 6.92 Å². The molecule has 0 aromatic carbocycles. The molecule has 3 N–H and O–H groups in total. The molecule has 108 valence electrons. The molecule has 7 heteroatoms. The van der Waals surface area contributed by atoms with E-state index in [1.807, 2.05) is 13.0 Å². The first kappa shape index (κ1) is 13.5. The first-order valence-corrected chi connectivity index (χ1v) is 7.57. The highest BCUT2D eigenvalue weighted by molar-refractivity contribution is 7.18. The molecule has 2 aromatic rings. The fourth-order valence-electron chi connectivity index (χ4n) is 2.30. The minimum absolute atomic E-state index is 0.155. The predicted octanol–water partition coefficient (Wildman–Crippen LogP) is 2.23. The van der Waals surface area contributed by atoms with Gasteiger partial charge in [0.2, 0.25) is 11.8 Å². The smallest absolute Gasteiger partial charge is 0.241 e. The van der Waals surface area contributed by atoms with Gasteiger partial charge < -0.3 is 9.47 Å². The van der Waals surface area contributed by atoms with Gasteiger partial charge in [0.15, 0.2) is 0 Å². The van der Waals surface area contributed by atoms with Crippen LogP contribution in [0.1, 0.15) is 24.1 Å². The number of thiophene rings is 1. The molecule has 3 rings (SSSR count). The predicted molar refractivity (Wildman–Crippen MR) is 79.0 cm³/mol. The molecule has 1 atom stereocenters. The summed E-state index contributed by atoms with van der Waals surface area (Å²) in [5.74, 6) is 6.35. The molecular formula is C13H18N4O2S. The Morgan fingerprint density at radius 2 is 2.40 bits per heavy atom. The van der Waals surface area contributed by atoms with E-state index >= 15 is 0 Å². The zero-order valence-electron chi connectivity index (χ0n) is 11.4. The largest absolute Gasteiger partial charge is 0.474 e. The fraction of sp³-hybridized carbons (Fsp3) is 0.538. The van der Waals surface area contributed by atoms with Gasteiger partial charge in [0, 0.05) is 11.5 Å². The lowest BCUT2D eigenvalue weighted by atomic mass is 10.1. The third-order valence-electron chi connectivity index (χ3n) is 3.29. The minimum Gasteiger partial charge on any atom is -0.474 e. The number of aromatic nitrogens is 2. The molecule has 0 amide bonds. The lowest BCUT2D eigenvalue weighted by molar-refractivity contribution is -0.0116. The number of nitrogens with zero attached hydrogens (tertiary/aromatic N) is 2. The summed E-state index contributed by atoms with van der Waals surface area (Å²) in [6.45, 7) is 3.38. The zero-order chi connectivity index (χ0) is 13.9. The van der Waals surface area contributed by atoms with E-state index in [0.717, 1.165) is 29.7 Å². The molecule has 1 saturated heterocycles. The third-order valence-corrected chi connectivity index (χ3v) is 4.23. The van der Waals surface area contributed by atoms with E-state index in [2.05, 4.69) is 15.4 Å². The second-order valence-corrected chi connectivity index (χ2v) is 6.11. The number of rotatable bonds is 4. The summed E-state index contributed by atoms with van der Waals surface area (Å²) in [5, 5.41) is 0.933. The van der Waals surface area contributed by atoms with Gasteiger partial charge in [-0.05, 0) is 32.3 Å². The third kappa shape index (κ3) is 2.84. The van der Waals surface area contributed by atoms with E-state index in [1.54, 1.807) is 11.3 Å². The molecule has 0 spiro atoms. The molecular weight excluding hydrogens is 276 g/mol. The summed E-state index contributed by atoms with van der Waals surface area (Å²) in [5.41, 5.74) is 2.48. The molecule has 0 aliphatic carbocycles. The summed E-state index contributed by atoms with van der Waals surface area (Å²) >= 11 is 1.60. The van der Waals surface area contributed by atoms with Crippen LogP contribution in [0.2, 0.25) is 0 Å². The maximum absolute atomic E-state index is 5.85. The average molecular weight is 294 g/mol. The molecule has 0 radical (unpaired) electrons. The van der Waals surface area contributed by atoms with Gasteiger partial charge in [-0.25, -0.2) is 10.8 Å². The number of anilines is 1. The van der Waals surface area contributed by atoms with Gasteiger partial charge >= 0.3 is 0 Å². The van der Waals surface area contributed by atoms with Gasteiger partial charge in [-0.2, -0.15) is 4.98 Å². The minimum atomic E-state index is 0.155. The van der Waals surface area contributed by atoms with Crippen molar-refractivity contribution in [2.45, 2.75) is 32.3 Å². The Balaban J connectivity index is 1.81. The maximum Gasteiger partial charge on any atom is 0.241 e. The van der Waals surface area contributed by atoms with Crippen molar-refractivity contribution in [3.63, 3.8) is 0 Å². The van der Waals surface area contributed by atoms with Crippen molar-refractivity contribution in [3.8, 4) is 5.88 Å². The van der Waals surface area contributed by atoms with Crippen LogP contribution in [-0.4, -0.2) is 29.3 Å². The zero-order valence-corrected chi connectivity index (χ0v) is 12.2. The summed E-state index contributed by atoms with van der Waals surface area (Å²) in [4.78, 5) is 10.7. The van der Waals surface area contributed by atoms with Crippen molar-refractivity contribution in [3.05, 3.63) is 10.9 Å². The molecule has 20 heavy (non-hydrogen) atoms. The van der Waals surface area contributed by atoms with Crippen LogP contribution >= 0.6 is 11.3 Å². The van der Waals surface area contributed by atoms with E-state index in [1.165, 1.54) is 11.3 Å². The van der Waals surface area contributed by atoms with Crippen LogP contribution in [-0.2, 0) is 4.74 Å². The Kier molecular flexibility index (Phi) is 4.00. The molecule has 6 nitrogen and oxygen atoms in total. The van der Waals surface area contributed by atoms with E-state index in [-0.39, 0.29) is 6.10 Å². The van der Waals surface area contributed by atoms with Crippen LogP contribution in [0.25, 0.3) is 10.2 Å². The normalized spacial score (nSPS) is 19.2. The highest BCUT2D eigenvalue weighted by atomic mass is 32.1. The van der Waals surface area contributed by atoms with Crippen molar-refractivity contribution in [2.75, 3.05) is 18.6 Å². The summed E-state index contributed by atoms with van der Waals surface area (Å²) in [6, 6.07) is 2.04. The van der Waals surface area contributed by atoms with E-state index < -0.39 is 0 Å². The molecule has 1 aliphatic rings. The Labute approximate surface area is 121 Å². The average Bonchev–Trinajstić information content (AvgIpc) is 2.86. The summed E-state index contributed by atoms with van der Waals surface area (Å²) in [6.07, 6.45) is 3.53. The van der Waals surface area contributed by atoms with Gasteiger partial charge in [-0.15, -0.1) is 11.3 Å². The van der Waals surface area contributed by atoms with Crippen molar-refractivity contribution >= 4 is 27.5 Å². The van der Waals surface area contributed by atoms with Crippen molar-refractivity contribution in [1.82, 2.24) is 9.97 Å². The molecule has 1 fully saturated rings. The van der Waals surface area contributed by atoms with Crippen molar-refractivity contribution < 1.29 is 9.47 Å². The van der Waals surface area contributed by atoms with Crippen LogP contribution in [0.5, 0.6) is 5.88 Å². The number of hydrogen-bond donors (Lipinski definition) is 2. The molecule has 2 aromatic heterocycles. The van der Waals surface area contributed by atoms with Crippen LogP contribution < -0.4 is 16.0 Å². The second kappa shape index (κ2) is 5.90. The molecule has 1 aliphatic heterocycles. The number of aryl methyl sites for hydroxylation is 1. The Morgan fingerprint density at radius 1 is 1.50 bits per heavy atom. The van der Waals surface area contributed by atoms with E-state index in [9.17, 15) is 0 Å². The van der Waals surface area contributed by atoms with Gasteiger partial charge in [-0.3, -0.25) is 5.43 Å². The number of nitrogens with one attached hydrogen (secondary N) is 1. The number of ether oxygens (including phenoxy) is 2. The lowest BCUT2D eigenvalue weighted by Crippen LogP contribution is -2.26. The highest BCUT2D eigenvalue weighted by Gasteiger charge is 2.17. The van der Waals surface area contributed by atoms with Crippen LogP contribution in [0.15, 0.2) is 6.07 Å². The van der Waals surface area contributed by atoms with Crippen LogP contribution in [0.3, 0.4) is 0 Å². The highest BCUT2D eigenvalue weighted by Crippen LogP contribution is 2.31. The summed E-state index contributed by atoms with van der Waals surface area (Å²) < 4.78 is 11.5. The number of hydrazine groups is 1. The molecule has 1 unspecified atom stereocenters. The number of fused-ring (bicyclic) bond motifs is 1. The van der Waals surface area contributed by atoms with Gasteiger partial charge in [-0.1, -0.05) is 0 Å². The molecule has 0 bridgehead atoms. The molecule has 0 saturated carbocycles. The molecule has 3 heterocycles. The number of nitrogen functional groups attached to an aromatic ring is 1. The van der Waals surface area contributed by atoms with E-state index in [0.29, 0.717) is 18.4 Å².